The molecular formula is C18H22N4O2. The topological polar surface area (TPSA) is 69.0 Å². The van der Waals surface area contributed by atoms with E-state index in [9.17, 15) is 4.79 Å². The molecule has 24 heavy (non-hydrogen) atoms. The van der Waals surface area contributed by atoms with Gasteiger partial charge in [-0.1, -0.05) is 25.5 Å². The van der Waals surface area contributed by atoms with Crippen LogP contribution >= 0.6 is 0 Å². The van der Waals surface area contributed by atoms with Gasteiger partial charge < -0.3 is 10.1 Å². The van der Waals surface area contributed by atoms with Gasteiger partial charge in [0, 0.05) is 19.0 Å². The van der Waals surface area contributed by atoms with Crippen LogP contribution in [-0.4, -0.2) is 34.4 Å². The fourth-order valence-corrected chi connectivity index (χ4v) is 2.74. The van der Waals surface area contributed by atoms with Crippen LogP contribution < -0.4 is 5.32 Å². The van der Waals surface area contributed by atoms with Gasteiger partial charge in [0.25, 0.3) is 5.91 Å². The molecule has 3 rings (SSSR count). The third-order valence-electron chi connectivity index (χ3n) is 3.74. The van der Waals surface area contributed by atoms with Crippen molar-refractivity contribution in [1.29, 1.82) is 0 Å². The first-order valence-electron chi connectivity index (χ1n) is 8.04. The number of hydrogen-bond acceptors (Lipinski definition) is 4. The summed E-state index contributed by atoms with van der Waals surface area (Å²) in [5, 5.41) is 9.27. The van der Waals surface area contributed by atoms with Crippen LogP contribution in [0.2, 0.25) is 0 Å². The summed E-state index contributed by atoms with van der Waals surface area (Å²) in [5.41, 5.74) is 2.88. The Kier molecular flexibility index (Phi) is 4.49. The van der Waals surface area contributed by atoms with E-state index in [1.54, 1.807) is 0 Å². The van der Waals surface area contributed by atoms with Crippen molar-refractivity contribution in [3.8, 4) is 0 Å². The molecule has 2 aromatic heterocycles. The zero-order valence-corrected chi connectivity index (χ0v) is 14.5. The number of carbonyl (C=O) groups is 1. The summed E-state index contributed by atoms with van der Waals surface area (Å²) in [6, 6.07) is 8.19. The first-order chi connectivity index (χ1) is 11.5. The van der Waals surface area contributed by atoms with Gasteiger partial charge in [-0.3, -0.25) is 4.79 Å². The lowest BCUT2D eigenvalue weighted by Crippen LogP contribution is -2.18. The summed E-state index contributed by atoms with van der Waals surface area (Å²) in [4.78, 5) is 16.7. The lowest BCUT2D eigenvalue weighted by Gasteiger charge is -2.06. The van der Waals surface area contributed by atoms with Crippen molar-refractivity contribution in [2.24, 2.45) is 5.92 Å². The molecule has 0 saturated heterocycles. The number of anilines is 1. The van der Waals surface area contributed by atoms with Crippen LogP contribution in [0.3, 0.4) is 0 Å². The van der Waals surface area contributed by atoms with Crippen molar-refractivity contribution < 1.29 is 9.53 Å². The van der Waals surface area contributed by atoms with Crippen molar-refractivity contribution in [2.45, 2.75) is 27.3 Å². The molecule has 6 nitrogen and oxygen atoms in total. The minimum Gasteiger partial charge on any atom is -0.375 e. The van der Waals surface area contributed by atoms with Crippen LogP contribution in [0.1, 0.15) is 19.4 Å². The third-order valence-corrected chi connectivity index (χ3v) is 3.74. The summed E-state index contributed by atoms with van der Waals surface area (Å²) in [7, 11) is 1.49. The molecule has 0 aliphatic heterocycles. The second-order valence-corrected chi connectivity index (χ2v) is 6.46. The molecule has 1 N–H and O–H groups in total. The van der Waals surface area contributed by atoms with Gasteiger partial charge in [-0.15, -0.1) is 0 Å². The molecule has 0 unspecified atom stereocenters. The van der Waals surface area contributed by atoms with Crippen LogP contribution in [0.25, 0.3) is 21.9 Å². The molecule has 0 radical (unpaired) electrons. The zero-order valence-electron chi connectivity index (χ0n) is 14.5. The fraction of sp³-hybridized carbons (Fsp3) is 0.389. The monoisotopic (exact) mass is 326 g/mol. The lowest BCUT2D eigenvalue weighted by atomic mass is 10.1. The van der Waals surface area contributed by atoms with E-state index < -0.39 is 0 Å². The number of ether oxygens (including phenoxy) is 1. The maximum Gasteiger partial charge on any atom is 0.251 e. The largest absolute Gasteiger partial charge is 0.375 e. The summed E-state index contributed by atoms with van der Waals surface area (Å²) < 4.78 is 6.75. The van der Waals surface area contributed by atoms with E-state index in [2.05, 4.69) is 30.3 Å². The Morgan fingerprint density at radius 1 is 1.33 bits per heavy atom. The van der Waals surface area contributed by atoms with Crippen LogP contribution in [-0.2, 0) is 16.1 Å². The predicted octanol–water partition coefficient (Wildman–Crippen LogP) is 3.13. The van der Waals surface area contributed by atoms with Crippen LogP contribution in [0.15, 0.2) is 24.3 Å². The average Bonchev–Trinajstić information content (AvgIpc) is 2.81. The molecule has 0 fully saturated rings. The fourth-order valence-electron chi connectivity index (χ4n) is 2.74. The number of methoxy groups -OCH3 is 1. The number of nitrogens with zero attached hydrogens (tertiary/aromatic N) is 3. The number of hydrogen-bond donors (Lipinski definition) is 1. The van der Waals surface area contributed by atoms with E-state index in [-0.39, 0.29) is 12.5 Å². The van der Waals surface area contributed by atoms with Gasteiger partial charge in [0.15, 0.2) is 11.5 Å². The van der Waals surface area contributed by atoms with E-state index in [0.29, 0.717) is 11.7 Å². The highest BCUT2D eigenvalue weighted by Gasteiger charge is 2.16. The zero-order chi connectivity index (χ0) is 17.3. The molecule has 0 bridgehead atoms. The molecule has 1 amide bonds. The van der Waals surface area contributed by atoms with Crippen molar-refractivity contribution in [3.05, 3.63) is 29.8 Å². The van der Waals surface area contributed by atoms with Gasteiger partial charge in [0.1, 0.15) is 6.61 Å². The smallest absolute Gasteiger partial charge is 0.251 e. The first kappa shape index (κ1) is 16.4. The number of benzene rings is 1. The Morgan fingerprint density at radius 3 is 2.83 bits per heavy atom. The number of aromatic nitrogens is 3. The van der Waals surface area contributed by atoms with Crippen molar-refractivity contribution in [2.75, 3.05) is 19.0 Å². The quantitative estimate of drug-likeness (QED) is 0.782. The van der Waals surface area contributed by atoms with E-state index in [0.717, 1.165) is 28.5 Å². The van der Waals surface area contributed by atoms with E-state index in [1.807, 2.05) is 29.8 Å². The number of aryl methyl sites for hydroxylation is 1. The van der Waals surface area contributed by atoms with Crippen molar-refractivity contribution in [3.63, 3.8) is 0 Å². The second kappa shape index (κ2) is 6.57. The summed E-state index contributed by atoms with van der Waals surface area (Å²) in [6.45, 7) is 7.04. The molecule has 126 valence electrons. The second-order valence-electron chi connectivity index (χ2n) is 6.46. The minimum atomic E-state index is -0.224. The van der Waals surface area contributed by atoms with Gasteiger partial charge >= 0.3 is 0 Å². The highest BCUT2D eigenvalue weighted by Crippen LogP contribution is 2.27. The Morgan fingerprint density at radius 2 is 2.12 bits per heavy atom. The van der Waals surface area contributed by atoms with Gasteiger partial charge in [-0.25, -0.2) is 9.67 Å². The molecule has 0 atom stereocenters. The van der Waals surface area contributed by atoms with Crippen LogP contribution in [0.5, 0.6) is 0 Å². The van der Waals surface area contributed by atoms with Crippen molar-refractivity contribution >= 4 is 33.7 Å². The maximum atomic E-state index is 11.9. The third kappa shape index (κ3) is 3.23. The number of fused-ring (bicyclic) bond motifs is 2. The highest BCUT2D eigenvalue weighted by molar-refractivity contribution is 6.03. The standard InChI is InChI=1S/C18H22N4O2/c1-11(2)9-22-18-14(17(21-22)20-16(23)10-24-4)8-13-7-12(3)5-6-15(13)19-18/h5-8,11H,9-10H2,1-4H3,(H,20,21,23). The normalized spacial score (nSPS) is 11.5. The Bertz CT molecular complexity index is 899. The van der Waals surface area contributed by atoms with Crippen LogP contribution in [0.4, 0.5) is 5.82 Å². The number of rotatable bonds is 5. The maximum absolute atomic E-state index is 11.9. The lowest BCUT2D eigenvalue weighted by molar-refractivity contribution is -0.119. The minimum absolute atomic E-state index is 0.00134. The summed E-state index contributed by atoms with van der Waals surface area (Å²) >= 11 is 0. The molecule has 0 spiro atoms. The number of pyridine rings is 1. The summed E-state index contributed by atoms with van der Waals surface area (Å²) in [5.74, 6) is 0.729. The number of nitrogens with one attached hydrogen (secondary N) is 1. The molecular weight excluding hydrogens is 304 g/mol. The van der Waals surface area contributed by atoms with Gasteiger partial charge in [-0.2, -0.15) is 5.10 Å². The van der Waals surface area contributed by atoms with Gasteiger partial charge in [-0.05, 0) is 31.0 Å². The average molecular weight is 326 g/mol. The molecule has 6 heteroatoms. The van der Waals surface area contributed by atoms with E-state index in [4.69, 9.17) is 9.72 Å². The highest BCUT2D eigenvalue weighted by atomic mass is 16.5. The molecule has 0 saturated carbocycles. The Hall–Kier alpha value is -2.47. The molecule has 2 heterocycles. The predicted molar refractivity (Wildman–Crippen MR) is 95.1 cm³/mol. The Labute approximate surface area is 140 Å². The molecule has 0 aliphatic rings. The molecule has 3 aromatic rings. The number of carbonyl (C=O) groups excluding carboxylic acids is 1. The molecule has 1 aromatic carbocycles. The Balaban J connectivity index is 2.16. The van der Waals surface area contributed by atoms with Gasteiger partial charge in [0.05, 0.1) is 10.9 Å². The SMILES string of the molecule is COCC(=O)Nc1nn(CC(C)C)c2nc3ccc(C)cc3cc12. The first-order valence-corrected chi connectivity index (χ1v) is 8.04. The van der Waals surface area contributed by atoms with Crippen molar-refractivity contribution in [1.82, 2.24) is 14.8 Å². The van der Waals surface area contributed by atoms with E-state index in [1.165, 1.54) is 12.7 Å². The molecule has 0 aliphatic carbocycles. The van der Waals surface area contributed by atoms with Crippen LogP contribution in [0, 0.1) is 12.8 Å². The number of amides is 1. The summed E-state index contributed by atoms with van der Waals surface area (Å²) in [6.07, 6.45) is 0. The van der Waals surface area contributed by atoms with Gasteiger partial charge in [0.2, 0.25) is 0 Å². The van der Waals surface area contributed by atoms with E-state index >= 15 is 0 Å².